The van der Waals surface area contributed by atoms with Gasteiger partial charge in [-0.2, -0.15) is 0 Å². The summed E-state index contributed by atoms with van der Waals surface area (Å²) >= 11 is 1.49. The van der Waals surface area contributed by atoms with Gasteiger partial charge in [0, 0.05) is 29.1 Å². The van der Waals surface area contributed by atoms with E-state index in [1.54, 1.807) is 12.1 Å². The first kappa shape index (κ1) is 21.6. The topological polar surface area (TPSA) is 84.1 Å². The lowest BCUT2D eigenvalue weighted by atomic mass is 10.1. The van der Waals surface area contributed by atoms with Crippen molar-refractivity contribution in [1.29, 1.82) is 0 Å². The van der Waals surface area contributed by atoms with Gasteiger partial charge in [0.1, 0.15) is 5.75 Å². The van der Waals surface area contributed by atoms with Crippen LogP contribution in [0.5, 0.6) is 5.75 Å². The van der Waals surface area contributed by atoms with Crippen LogP contribution < -0.4 is 15.6 Å². The van der Waals surface area contributed by atoms with E-state index in [1.807, 2.05) is 56.3 Å². The van der Waals surface area contributed by atoms with Crippen molar-refractivity contribution < 1.29 is 9.53 Å². The SMILES string of the molecule is CCOc1ccc(NC(=O)CCc2c(C)nc(SCc3ccccc3)[nH]c2=O)cc1. The number of anilines is 1. The van der Waals surface area contributed by atoms with Gasteiger partial charge in [-0.15, -0.1) is 0 Å². The number of carbonyl (C=O) groups is 1. The summed E-state index contributed by atoms with van der Waals surface area (Å²) in [6.07, 6.45) is 0.538. The summed E-state index contributed by atoms with van der Waals surface area (Å²) in [6.45, 7) is 4.32. The quantitative estimate of drug-likeness (QED) is 0.395. The van der Waals surface area contributed by atoms with E-state index in [0.717, 1.165) is 17.1 Å². The summed E-state index contributed by atoms with van der Waals surface area (Å²) in [4.78, 5) is 32.1. The average Bonchev–Trinajstić information content (AvgIpc) is 2.74. The predicted molar refractivity (Wildman–Crippen MR) is 120 cm³/mol. The van der Waals surface area contributed by atoms with Gasteiger partial charge in [-0.25, -0.2) is 4.98 Å². The smallest absolute Gasteiger partial charge is 0.254 e. The van der Waals surface area contributed by atoms with Crippen LogP contribution in [0.15, 0.2) is 64.5 Å². The number of hydrogen-bond donors (Lipinski definition) is 2. The number of H-pyrrole nitrogens is 1. The van der Waals surface area contributed by atoms with E-state index < -0.39 is 0 Å². The number of benzene rings is 2. The van der Waals surface area contributed by atoms with Crippen LogP contribution in [0.2, 0.25) is 0 Å². The number of aromatic amines is 1. The zero-order chi connectivity index (χ0) is 21.3. The molecule has 0 aliphatic heterocycles. The zero-order valence-corrected chi connectivity index (χ0v) is 17.9. The lowest BCUT2D eigenvalue weighted by Crippen LogP contribution is -2.20. The van der Waals surface area contributed by atoms with Crippen LogP contribution in [0, 0.1) is 6.92 Å². The maximum atomic E-state index is 12.5. The molecule has 0 saturated carbocycles. The van der Waals surface area contributed by atoms with E-state index in [-0.39, 0.29) is 17.9 Å². The molecule has 2 aromatic carbocycles. The Morgan fingerprint density at radius 2 is 1.87 bits per heavy atom. The Kier molecular flexibility index (Phi) is 7.68. The molecule has 3 aromatic rings. The molecule has 0 bridgehead atoms. The highest BCUT2D eigenvalue weighted by atomic mass is 32.2. The monoisotopic (exact) mass is 423 g/mol. The minimum absolute atomic E-state index is 0.152. The molecule has 1 amide bonds. The van der Waals surface area contributed by atoms with Gasteiger partial charge >= 0.3 is 0 Å². The number of hydrogen-bond acceptors (Lipinski definition) is 5. The number of carbonyl (C=O) groups excluding carboxylic acids is 1. The third kappa shape index (κ3) is 6.22. The zero-order valence-electron chi connectivity index (χ0n) is 17.1. The van der Waals surface area contributed by atoms with E-state index in [4.69, 9.17) is 4.74 Å². The molecule has 2 N–H and O–H groups in total. The molecule has 1 heterocycles. The van der Waals surface area contributed by atoms with Gasteiger partial charge in [0.2, 0.25) is 5.91 Å². The Labute approximate surface area is 180 Å². The van der Waals surface area contributed by atoms with Crippen LogP contribution in [-0.4, -0.2) is 22.5 Å². The maximum absolute atomic E-state index is 12.5. The molecule has 0 fully saturated rings. The first-order valence-corrected chi connectivity index (χ1v) is 10.8. The summed E-state index contributed by atoms with van der Waals surface area (Å²) in [5.41, 5.74) is 2.87. The van der Waals surface area contributed by atoms with Crippen molar-refractivity contribution in [3.63, 3.8) is 0 Å². The molecule has 0 atom stereocenters. The second-order valence-electron chi connectivity index (χ2n) is 6.71. The fourth-order valence-corrected chi connectivity index (χ4v) is 3.80. The average molecular weight is 424 g/mol. The van der Waals surface area contributed by atoms with Crippen molar-refractivity contribution in [1.82, 2.24) is 9.97 Å². The van der Waals surface area contributed by atoms with Gasteiger partial charge in [-0.3, -0.25) is 9.59 Å². The molecule has 7 heteroatoms. The minimum Gasteiger partial charge on any atom is -0.494 e. The number of nitrogens with one attached hydrogen (secondary N) is 2. The number of amides is 1. The summed E-state index contributed by atoms with van der Waals surface area (Å²) in [6, 6.07) is 17.2. The molecule has 0 aliphatic carbocycles. The highest BCUT2D eigenvalue weighted by molar-refractivity contribution is 7.98. The Bertz CT molecular complexity index is 1030. The molecule has 1 aromatic heterocycles. The van der Waals surface area contributed by atoms with Crippen LogP contribution in [0.3, 0.4) is 0 Å². The van der Waals surface area contributed by atoms with E-state index in [0.29, 0.717) is 35.1 Å². The van der Waals surface area contributed by atoms with Gasteiger partial charge in [0.25, 0.3) is 5.56 Å². The predicted octanol–water partition coefficient (Wildman–Crippen LogP) is 4.34. The molecular weight excluding hydrogens is 398 g/mol. The lowest BCUT2D eigenvalue weighted by Gasteiger charge is -2.09. The van der Waals surface area contributed by atoms with Crippen molar-refractivity contribution in [2.45, 2.75) is 37.6 Å². The summed E-state index contributed by atoms with van der Waals surface area (Å²) < 4.78 is 5.39. The van der Waals surface area contributed by atoms with Crippen LogP contribution in [0.4, 0.5) is 5.69 Å². The van der Waals surface area contributed by atoms with Crippen molar-refractivity contribution in [2.75, 3.05) is 11.9 Å². The number of rotatable bonds is 9. The Hall–Kier alpha value is -3.06. The Morgan fingerprint density at radius 3 is 2.53 bits per heavy atom. The van der Waals surface area contributed by atoms with Crippen molar-refractivity contribution >= 4 is 23.4 Å². The second-order valence-corrected chi connectivity index (χ2v) is 7.68. The Balaban J connectivity index is 1.55. The number of aromatic nitrogens is 2. The second kappa shape index (κ2) is 10.6. The lowest BCUT2D eigenvalue weighted by molar-refractivity contribution is -0.116. The molecule has 3 rings (SSSR count). The maximum Gasteiger partial charge on any atom is 0.254 e. The van der Waals surface area contributed by atoms with E-state index >= 15 is 0 Å². The van der Waals surface area contributed by atoms with E-state index in [9.17, 15) is 9.59 Å². The van der Waals surface area contributed by atoms with Crippen LogP contribution in [0.1, 0.15) is 30.2 Å². The fourth-order valence-electron chi connectivity index (χ4n) is 2.94. The molecule has 0 saturated heterocycles. The normalized spacial score (nSPS) is 10.6. The molecular formula is C23H25N3O3S. The van der Waals surface area contributed by atoms with E-state index in [2.05, 4.69) is 15.3 Å². The van der Waals surface area contributed by atoms with Crippen molar-refractivity contribution in [3.8, 4) is 5.75 Å². The van der Waals surface area contributed by atoms with Gasteiger partial charge in [0.05, 0.1) is 6.61 Å². The molecule has 0 spiro atoms. The molecule has 6 nitrogen and oxygen atoms in total. The first-order valence-electron chi connectivity index (χ1n) is 9.84. The van der Waals surface area contributed by atoms with Crippen molar-refractivity contribution in [3.05, 3.63) is 81.8 Å². The Morgan fingerprint density at radius 1 is 1.13 bits per heavy atom. The molecule has 30 heavy (non-hydrogen) atoms. The van der Waals surface area contributed by atoms with Gasteiger partial charge < -0.3 is 15.0 Å². The molecule has 0 aliphatic rings. The van der Waals surface area contributed by atoms with Crippen molar-refractivity contribution in [2.24, 2.45) is 0 Å². The summed E-state index contributed by atoms with van der Waals surface area (Å²) in [5, 5.41) is 3.43. The third-order valence-corrected chi connectivity index (χ3v) is 5.41. The van der Waals surface area contributed by atoms with Crippen LogP contribution >= 0.6 is 11.8 Å². The van der Waals surface area contributed by atoms with Gasteiger partial charge in [0.15, 0.2) is 5.16 Å². The van der Waals surface area contributed by atoms with Gasteiger partial charge in [-0.05, 0) is 50.1 Å². The first-order chi connectivity index (χ1) is 14.5. The van der Waals surface area contributed by atoms with Crippen LogP contribution in [-0.2, 0) is 17.0 Å². The standard InChI is InChI=1S/C23H25N3O3S/c1-3-29-19-11-9-18(10-12-19)25-21(27)14-13-20-16(2)24-23(26-22(20)28)30-15-17-7-5-4-6-8-17/h4-12H,3,13-15H2,1-2H3,(H,25,27)(H,24,26,28). The number of ether oxygens (including phenoxy) is 1. The highest BCUT2D eigenvalue weighted by Gasteiger charge is 2.11. The highest BCUT2D eigenvalue weighted by Crippen LogP contribution is 2.19. The largest absolute Gasteiger partial charge is 0.494 e. The molecule has 156 valence electrons. The molecule has 0 unspecified atom stereocenters. The molecule has 0 radical (unpaired) electrons. The summed E-state index contributed by atoms with van der Waals surface area (Å²) in [5.74, 6) is 1.34. The minimum atomic E-state index is -0.188. The summed E-state index contributed by atoms with van der Waals surface area (Å²) in [7, 11) is 0. The van der Waals surface area contributed by atoms with Crippen LogP contribution in [0.25, 0.3) is 0 Å². The number of nitrogens with zero attached hydrogens (tertiary/aromatic N) is 1. The third-order valence-electron chi connectivity index (χ3n) is 4.47. The fraction of sp³-hybridized carbons (Fsp3) is 0.261. The van der Waals surface area contributed by atoms with Gasteiger partial charge in [-0.1, -0.05) is 42.1 Å². The number of thioether (sulfide) groups is 1. The number of aryl methyl sites for hydroxylation is 1. The van der Waals surface area contributed by atoms with E-state index in [1.165, 1.54) is 11.8 Å².